The number of rotatable bonds is 6. The lowest BCUT2D eigenvalue weighted by Crippen LogP contribution is -2.26. The molecule has 0 heterocycles. The fraction of sp³-hybridized carbons (Fsp3) is 0.769. The molecule has 0 saturated carbocycles. The van der Waals surface area contributed by atoms with Gasteiger partial charge in [-0.3, -0.25) is 4.79 Å². The second-order valence-corrected chi connectivity index (χ2v) is 4.79. The molecule has 0 radical (unpaired) electrons. The Morgan fingerprint density at radius 1 is 1.50 bits per heavy atom. The van der Waals surface area contributed by atoms with Crippen LogP contribution in [0.15, 0.2) is 12.2 Å². The first kappa shape index (κ1) is 15.2. The predicted molar refractivity (Wildman–Crippen MR) is 65.0 cm³/mol. The van der Waals surface area contributed by atoms with Gasteiger partial charge in [0, 0.05) is 0 Å². The minimum Gasteiger partial charge on any atom is -0.469 e. The molecule has 0 aliphatic carbocycles. The monoisotopic (exact) mass is 228 g/mol. The highest BCUT2D eigenvalue weighted by Gasteiger charge is 2.22. The Bertz CT molecular complexity index is 242. The van der Waals surface area contributed by atoms with Crippen LogP contribution in [0.5, 0.6) is 0 Å². The van der Waals surface area contributed by atoms with Gasteiger partial charge in [0.2, 0.25) is 0 Å². The van der Waals surface area contributed by atoms with E-state index in [1.807, 2.05) is 6.08 Å². The Balaban J connectivity index is 4.43. The van der Waals surface area contributed by atoms with Gasteiger partial charge in [0.15, 0.2) is 0 Å². The highest BCUT2D eigenvalue weighted by molar-refractivity contribution is 5.70. The number of aliphatic hydroxyl groups is 1. The van der Waals surface area contributed by atoms with Crippen LogP contribution in [0.4, 0.5) is 0 Å². The molecule has 3 nitrogen and oxygen atoms in total. The van der Waals surface area contributed by atoms with Crippen LogP contribution >= 0.6 is 0 Å². The fourth-order valence-corrected chi connectivity index (χ4v) is 1.58. The lowest BCUT2D eigenvalue weighted by atomic mass is 9.90. The Hall–Kier alpha value is -0.830. The molecule has 94 valence electrons. The zero-order valence-corrected chi connectivity index (χ0v) is 11.0. The van der Waals surface area contributed by atoms with Gasteiger partial charge in [0.25, 0.3) is 0 Å². The first-order valence-electron chi connectivity index (χ1n) is 5.81. The summed E-state index contributed by atoms with van der Waals surface area (Å²) in [5.74, 6) is 0.576. The summed E-state index contributed by atoms with van der Waals surface area (Å²) < 4.78 is 4.53. The number of allylic oxidation sites excluding steroid dienone is 1. The smallest absolute Gasteiger partial charge is 0.308 e. The minimum atomic E-state index is -1.12. The van der Waals surface area contributed by atoms with E-state index in [1.54, 1.807) is 13.0 Å². The minimum absolute atomic E-state index is 0.00543. The second kappa shape index (κ2) is 6.69. The Kier molecular flexibility index (Phi) is 6.34. The lowest BCUT2D eigenvalue weighted by Gasteiger charge is -2.20. The average molecular weight is 228 g/mol. The quantitative estimate of drug-likeness (QED) is 0.561. The molecule has 16 heavy (non-hydrogen) atoms. The maximum absolute atomic E-state index is 11.1. The molecule has 0 saturated heterocycles. The van der Waals surface area contributed by atoms with E-state index in [2.05, 4.69) is 25.5 Å². The third-order valence-corrected chi connectivity index (χ3v) is 2.76. The Morgan fingerprint density at radius 2 is 2.06 bits per heavy atom. The van der Waals surface area contributed by atoms with Crippen LogP contribution in [0.2, 0.25) is 0 Å². The second-order valence-electron chi connectivity index (χ2n) is 4.79. The van der Waals surface area contributed by atoms with E-state index in [-0.39, 0.29) is 6.42 Å². The number of carbonyl (C=O) groups is 1. The molecule has 0 aliphatic heterocycles. The molecule has 0 aromatic carbocycles. The molecule has 0 rings (SSSR count). The van der Waals surface area contributed by atoms with E-state index >= 15 is 0 Å². The highest BCUT2D eigenvalue weighted by Crippen LogP contribution is 2.20. The van der Waals surface area contributed by atoms with Crippen molar-refractivity contribution in [3.8, 4) is 0 Å². The number of hydrogen-bond donors (Lipinski definition) is 1. The molecular weight excluding hydrogens is 204 g/mol. The number of hydrogen-bond acceptors (Lipinski definition) is 3. The summed E-state index contributed by atoms with van der Waals surface area (Å²) in [5, 5.41) is 9.95. The molecule has 3 heteroatoms. The SMILES string of the molecule is CCC(/C=C/C(C)(O)CC(=O)OC)C(C)C. The molecule has 0 bridgehead atoms. The zero-order chi connectivity index (χ0) is 12.8. The summed E-state index contributed by atoms with van der Waals surface area (Å²) >= 11 is 0. The van der Waals surface area contributed by atoms with Crippen molar-refractivity contribution in [2.45, 2.75) is 46.1 Å². The number of esters is 1. The summed E-state index contributed by atoms with van der Waals surface area (Å²) in [7, 11) is 1.32. The molecular formula is C13H24O3. The molecule has 0 fully saturated rings. The van der Waals surface area contributed by atoms with E-state index in [0.717, 1.165) is 6.42 Å². The van der Waals surface area contributed by atoms with Gasteiger partial charge in [-0.25, -0.2) is 0 Å². The molecule has 2 atom stereocenters. The van der Waals surface area contributed by atoms with Crippen molar-refractivity contribution in [1.29, 1.82) is 0 Å². The van der Waals surface area contributed by atoms with Crippen molar-refractivity contribution in [2.24, 2.45) is 11.8 Å². The fourth-order valence-electron chi connectivity index (χ4n) is 1.58. The first-order valence-corrected chi connectivity index (χ1v) is 5.81. The van der Waals surface area contributed by atoms with Gasteiger partial charge in [-0.05, 0) is 25.2 Å². The van der Waals surface area contributed by atoms with Crippen LogP contribution < -0.4 is 0 Å². The highest BCUT2D eigenvalue weighted by atomic mass is 16.5. The molecule has 2 unspecified atom stereocenters. The molecule has 0 aromatic heterocycles. The van der Waals surface area contributed by atoms with Gasteiger partial charge in [-0.15, -0.1) is 0 Å². The van der Waals surface area contributed by atoms with Crippen LogP contribution in [0.1, 0.15) is 40.5 Å². The van der Waals surface area contributed by atoms with Crippen molar-refractivity contribution >= 4 is 5.97 Å². The van der Waals surface area contributed by atoms with Crippen molar-refractivity contribution in [1.82, 2.24) is 0 Å². The van der Waals surface area contributed by atoms with Crippen LogP contribution in [-0.4, -0.2) is 23.8 Å². The largest absolute Gasteiger partial charge is 0.469 e. The number of methoxy groups -OCH3 is 1. The molecule has 0 amide bonds. The van der Waals surface area contributed by atoms with Crippen LogP contribution in [-0.2, 0) is 9.53 Å². The lowest BCUT2D eigenvalue weighted by molar-refractivity contribution is -0.144. The van der Waals surface area contributed by atoms with Gasteiger partial charge < -0.3 is 9.84 Å². The van der Waals surface area contributed by atoms with Crippen molar-refractivity contribution in [2.75, 3.05) is 7.11 Å². The normalized spacial score (nSPS) is 17.4. The van der Waals surface area contributed by atoms with Crippen LogP contribution in [0.25, 0.3) is 0 Å². The molecule has 0 aromatic rings. The maximum Gasteiger partial charge on any atom is 0.308 e. The summed E-state index contributed by atoms with van der Waals surface area (Å²) in [4.78, 5) is 11.1. The van der Waals surface area contributed by atoms with Crippen LogP contribution in [0, 0.1) is 11.8 Å². The van der Waals surface area contributed by atoms with Gasteiger partial charge in [0.05, 0.1) is 19.1 Å². The Morgan fingerprint density at radius 3 is 2.44 bits per heavy atom. The molecule has 0 spiro atoms. The third-order valence-electron chi connectivity index (χ3n) is 2.76. The van der Waals surface area contributed by atoms with Gasteiger partial charge >= 0.3 is 5.97 Å². The first-order chi connectivity index (χ1) is 7.32. The summed E-state index contributed by atoms with van der Waals surface area (Å²) in [5.41, 5.74) is -1.12. The van der Waals surface area contributed by atoms with Crippen molar-refractivity contribution in [3.63, 3.8) is 0 Å². The zero-order valence-electron chi connectivity index (χ0n) is 11.0. The Labute approximate surface area is 98.5 Å². The van der Waals surface area contributed by atoms with E-state index in [9.17, 15) is 9.90 Å². The van der Waals surface area contributed by atoms with E-state index in [4.69, 9.17) is 0 Å². The summed E-state index contributed by atoms with van der Waals surface area (Å²) in [6.45, 7) is 8.03. The van der Waals surface area contributed by atoms with Crippen molar-refractivity contribution in [3.05, 3.63) is 12.2 Å². The van der Waals surface area contributed by atoms with Gasteiger partial charge in [0.1, 0.15) is 0 Å². The van der Waals surface area contributed by atoms with E-state index in [1.165, 1.54) is 7.11 Å². The predicted octanol–water partition coefficient (Wildman–Crippen LogP) is 2.54. The van der Waals surface area contributed by atoms with Gasteiger partial charge in [-0.1, -0.05) is 32.9 Å². The molecule has 0 aliphatic rings. The van der Waals surface area contributed by atoms with Crippen molar-refractivity contribution < 1.29 is 14.6 Å². The molecule has 1 N–H and O–H groups in total. The van der Waals surface area contributed by atoms with E-state index < -0.39 is 11.6 Å². The number of ether oxygens (including phenoxy) is 1. The van der Waals surface area contributed by atoms with Gasteiger partial charge in [-0.2, -0.15) is 0 Å². The van der Waals surface area contributed by atoms with Crippen LogP contribution in [0.3, 0.4) is 0 Å². The summed E-state index contributed by atoms with van der Waals surface area (Å²) in [6, 6.07) is 0. The maximum atomic E-state index is 11.1. The van der Waals surface area contributed by atoms with E-state index in [0.29, 0.717) is 11.8 Å². The number of carbonyl (C=O) groups excluding carboxylic acids is 1. The summed E-state index contributed by atoms with van der Waals surface area (Å²) in [6.07, 6.45) is 4.72. The third kappa shape index (κ3) is 5.91. The average Bonchev–Trinajstić information content (AvgIpc) is 2.17. The standard InChI is InChI=1S/C13H24O3/c1-6-11(10(2)3)7-8-13(4,15)9-12(14)16-5/h7-8,10-11,15H,6,9H2,1-5H3/b8-7+. The topological polar surface area (TPSA) is 46.5 Å².